The highest BCUT2D eigenvalue weighted by Gasteiger charge is 2.43. The molecule has 1 aliphatic heterocycles. The van der Waals surface area contributed by atoms with Crippen molar-refractivity contribution in [2.45, 2.75) is 50.3 Å². The van der Waals surface area contributed by atoms with E-state index in [2.05, 4.69) is 16.5 Å². The molecular formula is C14H26N2O4S. The molecule has 3 unspecified atom stereocenters. The van der Waals surface area contributed by atoms with Gasteiger partial charge >= 0.3 is 5.97 Å². The van der Waals surface area contributed by atoms with Crippen molar-refractivity contribution >= 4 is 16.0 Å². The molecule has 122 valence electrons. The standard InChI is InChI=1S/C14H26N2O4S/c1-3-16-9-5-6-11(10-16)15-21(18,19)13-8-4-7-12(13)14(17)20-2/h11-13,15H,3-10H2,1-2H3. The molecule has 1 heterocycles. The fourth-order valence-electron chi connectivity index (χ4n) is 3.48. The van der Waals surface area contributed by atoms with Crippen molar-refractivity contribution in [3.63, 3.8) is 0 Å². The lowest BCUT2D eigenvalue weighted by molar-refractivity contribution is -0.145. The largest absolute Gasteiger partial charge is 0.469 e. The monoisotopic (exact) mass is 318 g/mol. The number of hydrogen-bond acceptors (Lipinski definition) is 5. The summed E-state index contributed by atoms with van der Waals surface area (Å²) in [6.45, 7) is 4.81. The van der Waals surface area contributed by atoms with Gasteiger partial charge in [-0.3, -0.25) is 4.79 Å². The van der Waals surface area contributed by atoms with Crippen LogP contribution < -0.4 is 4.72 Å². The van der Waals surface area contributed by atoms with Crippen LogP contribution >= 0.6 is 0 Å². The molecule has 0 aromatic carbocycles. The minimum Gasteiger partial charge on any atom is -0.469 e. The van der Waals surface area contributed by atoms with Gasteiger partial charge in [0.15, 0.2) is 0 Å². The number of hydrogen-bond donors (Lipinski definition) is 1. The number of likely N-dealkylation sites (N-methyl/N-ethyl adjacent to an activating group) is 1. The summed E-state index contributed by atoms with van der Waals surface area (Å²) in [5, 5.41) is -0.637. The normalized spacial score (nSPS) is 31.2. The first kappa shape index (κ1) is 16.7. The molecule has 1 N–H and O–H groups in total. The summed E-state index contributed by atoms with van der Waals surface area (Å²) in [5.41, 5.74) is 0. The Morgan fingerprint density at radius 2 is 2.05 bits per heavy atom. The molecule has 21 heavy (non-hydrogen) atoms. The molecule has 2 rings (SSSR count). The second kappa shape index (κ2) is 7.07. The first-order valence-corrected chi connectivity index (χ1v) is 9.34. The average molecular weight is 318 g/mol. The van der Waals surface area contributed by atoms with E-state index in [0.29, 0.717) is 12.8 Å². The van der Waals surface area contributed by atoms with Crippen LogP contribution in [0.3, 0.4) is 0 Å². The second-order valence-corrected chi connectivity index (χ2v) is 7.93. The predicted molar refractivity (Wildman–Crippen MR) is 80.3 cm³/mol. The average Bonchev–Trinajstić information content (AvgIpc) is 2.96. The molecule has 7 heteroatoms. The molecule has 2 fully saturated rings. The van der Waals surface area contributed by atoms with Crippen LogP contribution in [-0.2, 0) is 19.6 Å². The van der Waals surface area contributed by atoms with E-state index in [1.165, 1.54) is 7.11 Å². The Hall–Kier alpha value is -0.660. The van der Waals surface area contributed by atoms with Gasteiger partial charge in [0.1, 0.15) is 0 Å². The molecule has 3 atom stereocenters. The summed E-state index contributed by atoms with van der Waals surface area (Å²) >= 11 is 0. The summed E-state index contributed by atoms with van der Waals surface area (Å²) in [4.78, 5) is 14.0. The highest BCUT2D eigenvalue weighted by atomic mass is 32.2. The molecule has 0 aromatic rings. The molecular weight excluding hydrogens is 292 g/mol. The molecule has 1 saturated carbocycles. The number of nitrogens with zero attached hydrogens (tertiary/aromatic N) is 1. The van der Waals surface area contributed by atoms with E-state index in [4.69, 9.17) is 4.74 Å². The van der Waals surface area contributed by atoms with Gasteiger partial charge in [-0.25, -0.2) is 13.1 Å². The van der Waals surface area contributed by atoms with Crippen LogP contribution in [0.1, 0.15) is 39.0 Å². The van der Waals surface area contributed by atoms with Crippen molar-refractivity contribution in [1.29, 1.82) is 0 Å². The number of carbonyl (C=O) groups excluding carboxylic acids is 1. The van der Waals surface area contributed by atoms with Crippen LogP contribution in [0.15, 0.2) is 0 Å². The predicted octanol–water partition coefficient (Wildman–Crippen LogP) is 0.732. The van der Waals surface area contributed by atoms with E-state index in [9.17, 15) is 13.2 Å². The van der Waals surface area contributed by atoms with Crippen LogP contribution in [0.5, 0.6) is 0 Å². The maximum atomic E-state index is 12.6. The van der Waals surface area contributed by atoms with Crippen LogP contribution in [0.4, 0.5) is 0 Å². The molecule has 0 amide bonds. The van der Waals surface area contributed by atoms with Gasteiger partial charge in [0.2, 0.25) is 10.0 Å². The molecule has 0 radical (unpaired) electrons. The Balaban J connectivity index is 2.02. The molecule has 1 aliphatic carbocycles. The van der Waals surface area contributed by atoms with Crippen molar-refractivity contribution in [3.8, 4) is 0 Å². The summed E-state index contributed by atoms with van der Waals surface area (Å²) in [6.07, 6.45) is 3.78. The van der Waals surface area contributed by atoms with E-state index < -0.39 is 27.2 Å². The summed E-state index contributed by atoms with van der Waals surface area (Å²) < 4.78 is 32.8. The third-order valence-electron chi connectivity index (χ3n) is 4.64. The van der Waals surface area contributed by atoms with Gasteiger partial charge in [-0.05, 0) is 38.8 Å². The zero-order chi connectivity index (χ0) is 15.5. The summed E-state index contributed by atoms with van der Waals surface area (Å²) in [6, 6.07) is -0.0393. The van der Waals surface area contributed by atoms with Crippen molar-refractivity contribution in [1.82, 2.24) is 9.62 Å². The maximum Gasteiger partial charge on any atom is 0.310 e. The van der Waals surface area contributed by atoms with E-state index in [0.717, 1.165) is 38.9 Å². The van der Waals surface area contributed by atoms with Gasteiger partial charge in [-0.2, -0.15) is 0 Å². The quantitative estimate of drug-likeness (QED) is 0.757. The minimum absolute atomic E-state index is 0.0393. The highest BCUT2D eigenvalue weighted by Crippen LogP contribution is 2.32. The molecule has 0 aromatic heterocycles. The number of likely N-dealkylation sites (tertiary alicyclic amines) is 1. The molecule has 2 aliphatic rings. The minimum atomic E-state index is -3.47. The number of esters is 1. The van der Waals surface area contributed by atoms with E-state index in [1.54, 1.807) is 0 Å². The van der Waals surface area contributed by atoms with Crippen molar-refractivity contribution in [3.05, 3.63) is 0 Å². The second-order valence-electron chi connectivity index (χ2n) is 5.99. The number of ether oxygens (including phenoxy) is 1. The zero-order valence-corrected chi connectivity index (χ0v) is 13.7. The van der Waals surface area contributed by atoms with Gasteiger partial charge in [0, 0.05) is 12.6 Å². The lowest BCUT2D eigenvalue weighted by Crippen LogP contribution is -2.50. The fraction of sp³-hybridized carbons (Fsp3) is 0.929. The summed E-state index contributed by atoms with van der Waals surface area (Å²) in [5.74, 6) is -0.917. The molecule has 0 spiro atoms. The van der Waals surface area contributed by atoms with Crippen LogP contribution in [0.25, 0.3) is 0 Å². The Kier molecular flexibility index (Phi) is 5.62. The van der Waals surface area contributed by atoms with Crippen molar-refractivity contribution in [2.75, 3.05) is 26.7 Å². The van der Waals surface area contributed by atoms with Crippen molar-refractivity contribution in [2.24, 2.45) is 5.92 Å². The molecule has 1 saturated heterocycles. The molecule has 0 bridgehead atoms. The number of carbonyl (C=O) groups is 1. The lowest BCUT2D eigenvalue weighted by atomic mass is 10.1. The van der Waals surface area contributed by atoms with Crippen LogP contribution in [0, 0.1) is 5.92 Å². The molecule has 6 nitrogen and oxygen atoms in total. The topological polar surface area (TPSA) is 75.7 Å². The number of nitrogens with one attached hydrogen (secondary N) is 1. The number of sulfonamides is 1. The van der Waals surface area contributed by atoms with E-state index in [-0.39, 0.29) is 6.04 Å². The Bertz CT molecular complexity index is 466. The van der Waals surface area contributed by atoms with Crippen molar-refractivity contribution < 1.29 is 17.9 Å². The lowest BCUT2D eigenvalue weighted by Gasteiger charge is -2.33. The third kappa shape index (κ3) is 3.96. The van der Waals surface area contributed by atoms with Crippen LogP contribution in [-0.4, -0.2) is 57.3 Å². The van der Waals surface area contributed by atoms with E-state index in [1.807, 2.05) is 0 Å². The van der Waals surface area contributed by atoms with Crippen LogP contribution in [0.2, 0.25) is 0 Å². The Morgan fingerprint density at radius 1 is 1.29 bits per heavy atom. The number of methoxy groups -OCH3 is 1. The number of rotatable bonds is 5. The van der Waals surface area contributed by atoms with Gasteiger partial charge in [-0.15, -0.1) is 0 Å². The zero-order valence-electron chi connectivity index (χ0n) is 12.9. The van der Waals surface area contributed by atoms with Gasteiger partial charge in [-0.1, -0.05) is 13.3 Å². The van der Waals surface area contributed by atoms with E-state index >= 15 is 0 Å². The third-order valence-corrected chi connectivity index (χ3v) is 6.66. The smallest absolute Gasteiger partial charge is 0.310 e. The number of piperidine rings is 1. The SMILES string of the molecule is CCN1CCCC(NS(=O)(=O)C2CCCC2C(=O)OC)C1. The summed E-state index contributed by atoms with van der Waals surface area (Å²) in [7, 11) is -2.16. The first-order valence-electron chi connectivity index (χ1n) is 7.79. The first-order chi connectivity index (χ1) is 9.97. The Labute approximate surface area is 127 Å². The highest BCUT2D eigenvalue weighted by molar-refractivity contribution is 7.90. The van der Waals surface area contributed by atoms with Gasteiger partial charge < -0.3 is 9.64 Å². The van der Waals surface area contributed by atoms with Gasteiger partial charge in [0.25, 0.3) is 0 Å². The van der Waals surface area contributed by atoms with Gasteiger partial charge in [0.05, 0.1) is 18.3 Å². The maximum absolute atomic E-state index is 12.6. The fourth-order valence-corrected chi connectivity index (χ4v) is 5.47. The Morgan fingerprint density at radius 3 is 2.71 bits per heavy atom.